The molecule has 3 heterocycles. The zero-order valence-corrected chi connectivity index (χ0v) is 12.0. The van der Waals surface area contributed by atoms with Crippen molar-refractivity contribution in [3.63, 3.8) is 0 Å². The number of nitrogens with two attached hydrogens (primary N) is 1. The lowest BCUT2D eigenvalue weighted by Crippen LogP contribution is -2.58. The number of hydrogen-bond acceptors (Lipinski definition) is 5. The number of anilines is 1. The molecule has 1 aliphatic heterocycles. The second kappa shape index (κ2) is 5.34. The first-order valence-corrected chi connectivity index (χ1v) is 7.13. The summed E-state index contributed by atoms with van der Waals surface area (Å²) in [5.41, 5.74) is 0.807. The Kier molecular flexibility index (Phi) is 3.54. The fraction of sp³-hybridized carbons (Fsp3) is 0.467. The van der Waals surface area contributed by atoms with E-state index >= 15 is 0 Å². The Labute approximate surface area is 119 Å². The van der Waals surface area contributed by atoms with Crippen LogP contribution in [0.1, 0.15) is 13.8 Å². The van der Waals surface area contributed by atoms with Crippen molar-refractivity contribution in [3.05, 3.63) is 30.5 Å². The number of pyridine rings is 2. The standard InChI is InChI=1S/C15H21N5/c1-11(2)13-10-19(8-9-20(13)16)14-6-5-12-4-3-7-17-15(12)18-14/h3-7,11,13H,8-10,16H2,1-2H3. The van der Waals surface area contributed by atoms with E-state index in [4.69, 9.17) is 5.84 Å². The summed E-state index contributed by atoms with van der Waals surface area (Å²) in [5, 5.41) is 3.04. The maximum atomic E-state index is 6.08. The third-order valence-electron chi connectivity index (χ3n) is 4.00. The van der Waals surface area contributed by atoms with E-state index in [0.717, 1.165) is 36.5 Å². The Morgan fingerprint density at radius 3 is 2.90 bits per heavy atom. The molecule has 106 valence electrons. The molecule has 1 aliphatic rings. The first-order chi connectivity index (χ1) is 9.65. The van der Waals surface area contributed by atoms with Gasteiger partial charge in [-0.3, -0.25) is 5.84 Å². The summed E-state index contributed by atoms with van der Waals surface area (Å²) in [6.07, 6.45) is 1.79. The average molecular weight is 271 g/mol. The van der Waals surface area contributed by atoms with Crippen LogP contribution in [0.25, 0.3) is 11.0 Å². The molecule has 5 heteroatoms. The number of hydrazine groups is 1. The van der Waals surface area contributed by atoms with Gasteiger partial charge in [-0.25, -0.2) is 15.0 Å². The molecule has 3 rings (SSSR count). The quantitative estimate of drug-likeness (QED) is 0.842. The summed E-state index contributed by atoms with van der Waals surface area (Å²) in [4.78, 5) is 11.3. The maximum absolute atomic E-state index is 6.08. The van der Waals surface area contributed by atoms with E-state index < -0.39 is 0 Å². The van der Waals surface area contributed by atoms with Crippen LogP contribution in [-0.2, 0) is 0 Å². The van der Waals surface area contributed by atoms with Crippen molar-refractivity contribution < 1.29 is 0 Å². The number of piperazine rings is 1. The SMILES string of the molecule is CC(C)C1CN(c2ccc3cccnc3n2)CCN1N. The third kappa shape index (κ3) is 2.46. The van der Waals surface area contributed by atoms with Crippen LogP contribution in [0.15, 0.2) is 30.5 Å². The Morgan fingerprint density at radius 1 is 1.25 bits per heavy atom. The number of aromatic nitrogens is 2. The molecule has 1 fully saturated rings. The predicted molar refractivity (Wildman–Crippen MR) is 81.3 cm³/mol. The minimum atomic E-state index is 0.366. The molecule has 0 amide bonds. The van der Waals surface area contributed by atoms with Crippen molar-refractivity contribution in [2.24, 2.45) is 11.8 Å². The Hall–Kier alpha value is -1.72. The fourth-order valence-electron chi connectivity index (χ4n) is 2.74. The zero-order valence-electron chi connectivity index (χ0n) is 12.0. The summed E-state index contributed by atoms with van der Waals surface area (Å²) in [7, 11) is 0. The molecule has 0 saturated carbocycles. The number of nitrogens with zero attached hydrogens (tertiary/aromatic N) is 4. The minimum absolute atomic E-state index is 0.366. The molecule has 20 heavy (non-hydrogen) atoms. The van der Waals surface area contributed by atoms with Gasteiger partial charge in [-0.1, -0.05) is 13.8 Å². The van der Waals surface area contributed by atoms with Crippen molar-refractivity contribution in [3.8, 4) is 0 Å². The maximum Gasteiger partial charge on any atom is 0.161 e. The first kappa shape index (κ1) is 13.3. The second-order valence-corrected chi connectivity index (χ2v) is 5.71. The topological polar surface area (TPSA) is 58.3 Å². The van der Waals surface area contributed by atoms with Crippen LogP contribution >= 0.6 is 0 Å². The molecule has 2 N–H and O–H groups in total. The van der Waals surface area contributed by atoms with E-state index in [9.17, 15) is 0 Å². The van der Waals surface area contributed by atoms with Gasteiger partial charge in [0.15, 0.2) is 5.65 Å². The summed E-state index contributed by atoms with van der Waals surface area (Å²) in [6.45, 7) is 7.11. The van der Waals surface area contributed by atoms with E-state index in [1.807, 2.05) is 17.1 Å². The minimum Gasteiger partial charge on any atom is -0.354 e. The van der Waals surface area contributed by atoms with E-state index in [1.165, 1.54) is 0 Å². The molecule has 2 aromatic rings. The van der Waals surface area contributed by atoms with Gasteiger partial charge in [0.05, 0.1) is 0 Å². The third-order valence-corrected chi connectivity index (χ3v) is 4.00. The highest BCUT2D eigenvalue weighted by molar-refractivity contribution is 5.76. The molecule has 1 atom stereocenters. The van der Waals surface area contributed by atoms with Crippen LogP contribution in [0.5, 0.6) is 0 Å². The van der Waals surface area contributed by atoms with Gasteiger partial charge in [0.2, 0.25) is 0 Å². The Morgan fingerprint density at radius 2 is 2.10 bits per heavy atom. The van der Waals surface area contributed by atoms with Gasteiger partial charge < -0.3 is 4.90 Å². The molecule has 0 aliphatic carbocycles. The molecule has 5 nitrogen and oxygen atoms in total. The van der Waals surface area contributed by atoms with Gasteiger partial charge in [0.1, 0.15) is 5.82 Å². The Bertz CT molecular complexity index is 598. The highest BCUT2D eigenvalue weighted by Crippen LogP contribution is 2.21. The van der Waals surface area contributed by atoms with Gasteiger partial charge in [0, 0.05) is 37.3 Å². The van der Waals surface area contributed by atoms with Crippen LogP contribution in [-0.4, -0.2) is 40.7 Å². The lowest BCUT2D eigenvalue weighted by atomic mass is 10.0. The van der Waals surface area contributed by atoms with E-state index in [1.54, 1.807) is 6.20 Å². The zero-order chi connectivity index (χ0) is 14.1. The Balaban J connectivity index is 1.87. The van der Waals surface area contributed by atoms with Crippen molar-refractivity contribution in [1.29, 1.82) is 0 Å². The van der Waals surface area contributed by atoms with E-state index in [2.05, 4.69) is 40.8 Å². The summed E-state index contributed by atoms with van der Waals surface area (Å²) in [6, 6.07) is 8.50. The molecule has 1 saturated heterocycles. The van der Waals surface area contributed by atoms with Gasteiger partial charge in [-0.2, -0.15) is 0 Å². The van der Waals surface area contributed by atoms with Gasteiger partial charge in [0.25, 0.3) is 0 Å². The molecular formula is C15H21N5. The largest absolute Gasteiger partial charge is 0.354 e. The van der Waals surface area contributed by atoms with Crippen LogP contribution in [0.2, 0.25) is 0 Å². The lowest BCUT2D eigenvalue weighted by Gasteiger charge is -2.41. The van der Waals surface area contributed by atoms with Gasteiger partial charge >= 0.3 is 0 Å². The first-order valence-electron chi connectivity index (χ1n) is 7.13. The number of fused-ring (bicyclic) bond motifs is 1. The molecule has 0 bridgehead atoms. The molecule has 2 aromatic heterocycles. The monoisotopic (exact) mass is 271 g/mol. The van der Waals surface area contributed by atoms with Crippen LogP contribution < -0.4 is 10.7 Å². The van der Waals surface area contributed by atoms with E-state index in [0.29, 0.717) is 12.0 Å². The molecule has 0 aromatic carbocycles. The predicted octanol–water partition coefficient (Wildman–Crippen LogP) is 1.65. The van der Waals surface area contributed by atoms with Crippen LogP contribution in [0, 0.1) is 5.92 Å². The summed E-state index contributed by atoms with van der Waals surface area (Å²) in [5.74, 6) is 7.61. The average Bonchev–Trinajstić information content (AvgIpc) is 2.47. The molecule has 0 spiro atoms. The smallest absolute Gasteiger partial charge is 0.161 e. The van der Waals surface area contributed by atoms with E-state index in [-0.39, 0.29) is 0 Å². The molecule has 0 radical (unpaired) electrons. The fourth-order valence-corrected chi connectivity index (χ4v) is 2.74. The molecular weight excluding hydrogens is 250 g/mol. The highest BCUT2D eigenvalue weighted by atomic mass is 15.5. The number of hydrogen-bond donors (Lipinski definition) is 1. The summed E-state index contributed by atoms with van der Waals surface area (Å²) >= 11 is 0. The second-order valence-electron chi connectivity index (χ2n) is 5.71. The normalized spacial score (nSPS) is 20.8. The number of rotatable bonds is 2. The van der Waals surface area contributed by atoms with Crippen molar-refractivity contribution in [1.82, 2.24) is 15.0 Å². The summed E-state index contributed by atoms with van der Waals surface area (Å²) < 4.78 is 0. The van der Waals surface area contributed by atoms with Gasteiger partial charge in [-0.15, -0.1) is 0 Å². The lowest BCUT2D eigenvalue weighted by molar-refractivity contribution is 0.140. The van der Waals surface area contributed by atoms with Crippen molar-refractivity contribution >= 4 is 16.9 Å². The van der Waals surface area contributed by atoms with Gasteiger partial charge in [-0.05, 0) is 30.2 Å². The molecule has 1 unspecified atom stereocenters. The highest BCUT2D eigenvalue weighted by Gasteiger charge is 2.27. The van der Waals surface area contributed by atoms with Crippen LogP contribution in [0.3, 0.4) is 0 Å². The van der Waals surface area contributed by atoms with Crippen molar-refractivity contribution in [2.75, 3.05) is 24.5 Å². The van der Waals surface area contributed by atoms with Crippen LogP contribution in [0.4, 0.5) is 5.82 Å². The van der Waals surface area contributed by atoms with Crippen molar-refractivity contribution in [2.45, 2.75) is 19.9 Å².